The summed E-state index contributed by atoms with van der Waals surface area (Å²) in [6.45, 7) is 4.52. The normalized spacial score (nSPS) is 13.8. The molecule has 3 aromatic carbocycles. The molecule has 2 amide bonds. The molecule has 1 aliphatic carbocycles. The molecule has 0 aromatic heterocycles. The maximum Gasteiger partial charge on any atom is 0.407 e. The van der Waals surface area contributed by atoms with Gasteiger partial charge in [-0.1, -0.05) is 86.6 Å². The lowest BCUT2D eigenvalue weighted by molar-refractivity contribution is -0.141. The number of nitrogens with two attached hydrogens (primary N) is 5. The van der Waals surface area contributed by atoms with E-state index < -0.39 is 60.2 Å². The molecule has 4 rings (SSSR count). The van der Waals surface area contributed by atoms with E-state index in [0.717, 1.165) is 27.8 Å². The van der Waals surface area contributed by atoms with Crippen LogP contribution in [0.1, 0.15) is 67.7 Å². The van der Waals surface area contributed by atoms with E-state index in [-0.39, 0.29) is 24.8 Å². The molecular formula is C40H58N12O5. The Labute approximate surface area is 333 Å². The third-order valence-electron chi connectivity index (χ3n) is 9.69. The smallest absolute Gasteiger partial charge is 0.407 e. The zero-order chi connectivity index (χ0) is 41.5. The molecule has 1 aliphatic rings. The molecule has 17 heteroatoms. The van der Waals surface area contributed by atoms with Crippen LogP contribution in [0.25, 0.3) is 11.1 Å². The summed E-state index contributed by atoms with van der Waals surface area (Å²) in [7, 11) is 0. The number of amidine groups is 1. The van der Waals surface area contributed by atoms with E-state index in [1.807, 2.05) is 48.5 Å². The Balaban J connectivity index is 1.43. The van der Waals surface area contributed by atoms with E-state index >= 15 is 0 Å². The molecule has 308 valence electrons. The first-order valence-corrected chi connectivity index (χ1v) is 19.2. The number of nitrogen functional groups attached to an aromatic ring is 1. The summed E-state index contributed by atoms with van der Waals surface area (Å²) in [5.41, 5.74) is 39.7. The molecule has 0 spiro atoms. The van der Waals surface area contributed by atoms with Gasteiger partial charge in [-0.2, -0.15) is 0 Å². The average molecular weight is 787 g/mol. The van der Waals surface area contributed by atoms with E-state index in [1.165, 1.54) is 0 Å². The predicted molar refractivity (Wildman–Crippen MR) is 219 cm³/mol. The quantitative estimate of drug-likeness (QED) is 0.0145. The third kappa shape index (κ3) is 13.2. The van der Waals surface area contributed by atoms with E-state index in [9.17, 15) is 19.2 Å². The first-order chi connectivity index (χ1) is 27.3. The summed E-state index contributed by atoms with van der Waals surface area (Å²) in [6.07, 6.45) is -1.14. The number of hydrogen-bond donors (Lipinski definition) is 12. The Hall–Kier alpha value is -5.11. The van der Waals surface area contributed by atoms with Crippen LogP contribution in [0.2, 0.25) is 0 Å². The number of ether oxygens (including phenoxy) is 1. The average Bonchev–Trinajstić information content (AvgIpc) is 3.50. The summed E-state index contributed by atoms with van der Waals surface area (Å²) in [6, 6.07) is 19.6. The van der Waals surface area contributed by atoms with Gasteiger partial charge in [0.1, 0.15) is 25.0 Å². The number of carbonyl (C=O) groups is 4. The predicted octanol–water partition coefficient (Wildman–Crippen LogP) is 0.261. The van der Waals surface area contributed by atoms with Crippen molar-refractivity contribution < 1.29 is 23.9 Å². The lowest BCUT2D eigenvalue weighted by Crippen LogP contribution is -2.57. The number of carbonyl (C=O) groups excluding carboxylic acids is 4. The van der Waals surface area contributed by atoms with Crippen LogP contribution in [0.3, 0.4) is 0 Å². The maximum absolute atomic E-state index is 13.9. The highest BCUT2D eigenvalue weighted by Crippen LogP contribution is 2.44. The molecule has 0 aliphatic heterocycles. The van der Waals surface area contributed by atoms with E-state index in [4.69, 9.17) is 38.8 Å². The first-order valence-electron chi connectivity index (χ1n) is 19.2. The molecule has 3 atom stereocenters. The fourth-order valence-electron chi connectivity index (χ4n) is 6.66. The standard InChI is InChI=1S/C40H58N12O5/c1-23(2)33(51-37(55)32(14-8-20-48-39(45)46)52-49-21-24-15-17-25(18-16-24)36(41)42)35(54)34(53)31(13-7-19-47-38(43)44)50-40(56)57-22-30-28-11-5-3-9-26(28)27-10-4-6-12-29(27)30/h3-6,9-12,15-18,23,30-33,38-39,47-49,52H,7-8,13-14,19-22,43-46H2,1-2H3,(H3,41,42)(H,50,56)(H,51,55)/t31-,32-,33-/m0/s1. The second-order valence-corrected chi connectivity index (χ2v) is 14.4. The number of nitrogens with one attached hydrogen (secondary N) is 7. The molecule has 0 fully saturated rings. The number of amides is 2. The van der Waals surface area contributed by atoms with Crippen LogP contribution >= 0.6 is 0 Å². The minimum atomic E-state index is -1.25. The summed E-state index contributed by atoms with van der Waals surface area (Å²) in [5, 5.41) is 18.8. The molecule has 0 unspecified atom stereocenters. The molecule has 0 bridgehead atoms. The number of Topliss-reactive ketones (excluding diaryl/α,β-unsaturated/α-hetero) is 2. The van der Waals surface area contributed by atoms with Gasteiger partial charge in [-0.3, -0.25) is 35.9 Å². The number of fused-ring (bicyclic) bond motifs is 3. The van der Waals surface area contributed by atoms with Gasteiger partial charge in [0.2, 0.25) is 17.5 Å². The zero-order valence-electron chi connectivity index (χ0n) is 32.6. The first kappa shape index (κ1) is 44.6. The van der Waals surface area contributed by atoms with Gasteiger partial charge in [-0.05, 0) is 72.5 Å². The van der Waals surface area contributed by atoms with E-state index in [0.29, 0.717) is 44.5 Å². The van der Waals surface area contributed by atoms with Crippen LogP contribution in [0.4, 0.5) is 4.79 Å². The van der Waals surface area contributed by atoms with Gasteiger partial charge < -0.3 is 44.0 Å². The van der Waals surface area contributed by atoms with Crippen molar-refractivity contribution in [3.05, 3.63) is 95.1 Å². The lowest BCUT2D eigenvalue weighted by atomic mass is 9.92. The van der Waals surface area contributed by atoms with Crippen LogP contribution in [-0.2, 0) is 25.7 Å². The van der Waals surface area contributed by atoms with Crippen LogP contribution in [0, 0.1) is 11.3 Å². The van der Waals surface area contributed by atoms with Gasteiger partial charge >= 0.3 is 6.09 Å². The van der Waals surface area contributed by atoms with Crippen molar-refractivity contribution >= 4 is 29.4 Å². The van der Waals surface area contributed by atoms with Crippen molar-refractivity contribution in [2.45, 2.75) is 82.7 Å². The number of ketones is 2. The van der Waals surface area contributed by atoms with Gasteiger partial charge in [0.25, 0.3) is 0 Å². The zero-order valence-corrected chi connectivity index (χ0v) is 32.6. The molecular weight excluding hydrogens is 729 g/mol. The van der Waals surface area contributed by atoms with Crippen molar-refractivity contribution in [2.75, 3.05) is 19.7 Å². The number of hydrazine groups is 1. The Morgan fingerprint density at radius 3 is 1.81 bits per heavy atom. The lowest BCUT2D eigenvalue weighted by Gasteiger charge is -2.26. The minimum Gasteiger partial charge on any atom is -0.449 e. The van der Waals surface area contributed by atoms with Crippen molar-refractivity contribution in [1.29, 1.82) is 5.41 Å². The highest BCUT2D eigenvalue weighted by Gasteiger charge is 2.36. The molecule has 17 N–H and O–H groups in total. The fraction of sp³-hybridized carbons (Fsp3) is 0.425. The number of benzene rings is 3. The molecule has 17 nitrogen and oxygen atoms in total. The maximum atomic E-state index is 13.9. The molecule has 57 heavy (non-hydrogen) atoms. The van der Waals surface area contributed by atoms with Crippen molar-refractivity contribution in [1.82, 2.24) is 32.1 Å². The summed E-state index contributed by atoms with van der Waals surface area (Å²) < 4.78 is 5.71. The minimum absolute atomic E-state index is 0.0157. The monoisotopic (exact) mass is 786 g/mol. The highest BCUT2D eigenvalue weighted by molar-refractivity contribution is 6.41. The van der Waals surface area contributed by atoms with Gasteiger partial charge in [0, 0.05) is 18.0 Å². The molecule has 3 aromatic rings. The molecule has 0 saturated heterocycles. The Morgan fingerprint density at radius 1 is 0.737 bits per heavy atom. The summed E-state index contributed by atoms with van der Waals surface area (Å²) in [4.78, 5) is 55.0. The third-order valence-corrected chi connectivity index (χ3v) is 9.69. The number of alkyl carbamates (subject to hydrolysis) is 1. The fourth-order valence-corrected chi connectivity index (χ4v) is 6.66. The van der Waals surface area contributed by atoms with Crippen molar-refractivity contribution in [2.24, 2.45) is 34.6 Å². The van der Waals surface area contributed by atoms with E-state index in [2.05, 4.69) is 32.1 Å². The SMILES string of the molecule is CC(C)[C@H](NC(=O)[C@H](CCCNC(N)N)NNCc1ccc(C(=N)N)cc1)C(=O)C(=O)[C@H](CCCNC(N)N)NC(=O)OCC1c2ccccc2-c2ccccc21. The summed E-state index contributed by atoms with van der Waals surface area (Å²) in [5.74, 6) is -3.00. The number of rotatable bonds is 24. The molecule has 0 saturated carbocycles. The largest absolute Gasteiger partial charge is 0.449 e. The van der Waals surface area contributed by atoms with Gasteiger partial charge in [0.05, 0.1) is 18.1 Å². The van der Waals surface area contributed by atoms with Crippen LogP contribution in [0.5, 0.6) is 0 Å². The number of hydrogen-bond acceptors (Lipinski definition) is 14. The Bertz CT molecular complexity index is 1770. The van der Waals surface area contributed by atoms with Gasteiger partial charge in [0.15, 0.2) is 0 Å². The van der Waals surface area contributed by atoms with E-state index in [1.54, 1.807) is 38.1 Å². The van der Waals surface area contributed by atoms with Crippen LogP contribution in [0.15, 0.2) is 72.8 Å². The summed E-state index contributed by atoms with van der Waals surface area (Å²) >= 11 is 0. The Kier molecular flexibility index (Phi) is 17.2. The van der Waals surface area contributed by atoms with Gasteiger partial charge in [-0.15, -0.1) is 0 Å². The molecule has 0 heterocycles. The molecule has 0 radical (unpaired) electrons. The van der Waals surface area contributed by atoms with Crippen LogP contribution in [-0.4, -0.2) is 79.8 Å². The van der Waals surface area contributed by atoms with Crippen molar-refractivity contribution in [3.63, 3.8) is 0 Å². The topological polar surface area (TPSA) is 304 Å². The Morgan fingerprint density at radius 2 is 1.28 bits per heavy atom. The van der Waals surface area contributed by atoms with Crippen molar-refractivity contribution in [3.8, 4) is 11.1 Å². The van der Waals surface area contributed by atoms with Gasteiger partial charge in [-0.25, -0.2) is 10.2 Å². The van der Waals surface area contributed by atoms with Crippen LogP contribution < -0.4 is 60.8 Å². The second kappa shape index (κ2) is 22.0. The highest BCUT2D eigenvalue weighted by atomic mass is 16.5. The second-order valence-electron chi connectivity index (χ2n) is 14.4.